The zero-order chi connectivity index (χ0) is 14.5. The number of nitrogens with two attached hydrogens (primary N) is 1. The predicted molar refractivity (Wildman–Crippen MR) is 79.6 cm³/mol. The summed E-state index contributed by atoms with van der Waals surface area (Å²) < 4.78 is 5.60. The molecule has 0 heterocycles. The highest BCUT2D eigenvalue weighted by atomic mass is 32.2. The second-order valence-corrected chi connectivity index (χ2v) is 5.89. The molecule has 0 fully saturated rings. The first-order chi connectivity index (χ1) is 8.88. The van der Waals surface area contributed by atoms with E-state index in [1.165, 1.54) is 0 Å². The van der Waals surface area contributed by atoms with Gasteiger partial charge in [-0.1, -0.05) is 0 Å². The maximum Gasteiger partial charge on any atom is 0.261 e. The van der Waals surface area contributed by atoms with Crippen molar-refractivity contribution in [3.63, 3.8) is 0 Å². The summed E-state index contributed by atoms with van der Waals surface area (Å²) >= 11 is 1.66. The Morgan fingerprint density at radius 3 is 2.47 bits per heavy atom. The van der Waals surface area contributed by atoms with Crippen molar-refractivity contribution < 1.29 is 9.53 Å². The molecule has 1 amide bonds. The topological polar surface area (TPSA) is 64.3 Å². The molecule has 0 aliphatic rings. The molecule has 0 aliphatic heterocycles. The Morgan fingerprint density at radius 1 is 1.42 bits per heavy atom. The van der Waals surface area contributed by atoms with Crippen LogP contribution in [0.2, 0.25) is 0 Å². The standard InChI is InChI=1S/C14H22N2O2S/c1-10(13(17)16-14(2,3)9-15)18-11-5-7-12(19-4)8-6-11/h5-8,10H,9,15H2,1-4H3,(H,16,17). The molecule has 1 unspecified atom stereocenters. The molecule has 106 valence electrons. The molecule has 1 aromatic rings. The lowest BCUT2D eigenvalue weighted by molar-refractivity contribution is -0.128. The summed E-state index contributed by atoms with van der Waals surface area (Å²) in [5, 5.41) is 2.86. The van der Waals surface area contributed by atoms with Gasteiger partial charge in [-0.2, -0.15) is 0 Å². The number of thioether (sulfide) groups is 1. The van der Waals surface area contributed by atoms with E-state index in [2.05, 4.69) is 5.32 Å². The van der Waals surface area contributed by atoms with Crippen molar-refractivity contribution >= 4 is 17.7 Å². The first-order valence-corrected chi connectivity index (χ1v) is 7.43. The molecule has 1 rings (SSSR count). The number of carbonyl (C=O) groups is 1. The minimum atomic E-state index is -0.550. The lowest BCUT2D eigenvalue weighted by atomic mass is 10.1. The number of hydrogen-bond acceptors (Lipinski definition) is 4. The van der Waals surface area contributed by atoms with Crippen molar-refractivity contribution in [2.24, 2.45) is 5.73 Å². The van der Waals surface area contributed by atoms with Crippen LogP contribution in [0.1, 0.15) is 20.8 Å². The quantitative estimate of drug-likeness (QED) is 0.784. The third-order valence-corrected chi connectivity index (χ3v) is 3.46. The molecule has 0 saturated heterocycles. The molecule has 4 nitrogen and oxygen atoms in total. The SMILES string of the molecule is CSc1ccc(OC(C)C(=O)NC(C)(C)CN)cc1. The Morgan fingerprint density at radius 2 is 2.00 bits per heavy atom. The predicted octanol–water partition coefficient (Wildman–Crippen LogP) is 2.03. The maximum atomic E-state index is 11.9. The van der Waals surface area contributed by atoms with Gasteiger partial charge in [0, 0.05) is 17.0 Å². The summed E-state index contributed by atoms with van der Waals surface area (Å²) in [4.78, 5) is 13.1. The van der Waals surface area contributed by atoms with Gasteiger partial charge in [0.15, 0.2) is 6.10 Å². The average molecular weight is 282 g/mol. The summed E-state index contributed by atoms with van der Waals surface area (Å²) in [6, 6.07) is 7.66. The van der Waals surface area contributed by atoms with Crippen molar-refractivity contribution in [3.05, 3.63) is 24.3 Å². The summed E-state index contributed by atoms with van der Waals surface area (Å²) in [5.74, 6) is 0.524. The van der Waals surface area contributed by atoms with Crippen molar-refractivity contribution in [1.29, 1.82) is 0 Å². The fourth-order valence-corrected chi connectivity index (χ4v) is 1.81. The van der Waals surface area contributed by atoms with Crippen LogP contribution in [0.15, 0.2) is 29.2 Å². The third-order valence-electron chi connectivity index (χ3n) is 2.71. The zero-order valence-corrected chi connectivity index (χ0v) is 12.7. The van der Waals surface area contributed by atoms with Crippen molar-refractivity contribution in [2.75, 3.05) is 12.8 Å². The smallest absolute Gasteiger partial charge is 0.261 e. The number of ether oxygens (including phenoxy) is 1. The molecule has 0 saturated carbocycles. The molecule has 5 heteroatoms. The molecular weight excluding hydrogens is 260 g/mol. The minimum Gasteiger partial charge on any atom is -0.481 e. The summed E-state index contributed by atoms with van der Waals surface area (Å²) in [5.41, 5.74) is 5.16. The van der Waals surface area contributed by atoms with E-state index >= 15 is 0 Å². The molecular formula is C14H22N2O2S. The summed E-state index contributed by atoms with van der Waals surface area (Å²) in [7, 11) is 0. The van der Waals surface area contributed by atoms with Crippen LogP contribution in [0.5, 0.6) is 5.75 Å². The molecule has 0 aromatic heterocycles. The van der Waals surface area contributed by atoms with Crippen LogP contribution in [0.25, 0.3) is 0 Å². The van der Waals surface area contributed by atoms with Crippen molar-refractivity contribution in [2.45, 2.75) is 37.3 Å². The van der Waals surface area contributed by atoms with Crippen LogP contribution in [0, 0.1) is 0 Å². The van der Waals surface area contributed by atoms with Crippen LogP contribution in [-0.4, -0.2) is 30.4 Å². The molecule has 0 bridgehead atoms. The van der Waals surface area contributed by atoms with E-state index < -0.39 is 11.6 Å². The molecule has 0 aliphatic carbocycles. The van der Waals surface area contributed by atoms with Crippen molar-refractivity contribution in [1.82, 2.24) is 5.32 Å². The Labute approximate surface area is 119 Å². The highest BCUT2D eigenvalue weighted by molar-refractivity contribution is 7.98. The Balaban J connectivity index is 2.58. The molecule has 0 spiro atoms. The van der Waals surface area contributed by atoms with E-state index in [0.29, 0.717) is 12.3 Å². The van der Waals surface area contributed by atoms with E-state index in [4.69, 9.17) is 10.5 Å². The molecule has 19 heavy (non-hydrogen) atoms. The lowest BCUT2D eigenvalue weighted by Gasteiger charge is -2.26. The average Bonchev–Trinajstić information content (AvgIpc) is 2.39. The second-order valence-electron chi connectivity index (χ2n) is 5.01. The van der Waals surface area contributed by atoms with Crippen LogP contribution in [0.4, 0.5) is 0 Å². The van der Waals surface area contributed by atoms with Gasteiger partial charge in [-0.05, 0) is 51.3 Å². The van der Waals surface area contributed by atoms with E-state index in [0.717, 1.165) is 4.90 Å². The van der Waals surface area contributed by atoms with Gasteiger partial charge in [-0.3, -0.25) is 4.79 Å². The normalized spacial score (nSPS) is 12.9. The molecule has 1 aromatic carbocycles. The highest BCUT2D eigenvalue weighted by Crippen LogP contribution is 2.19. The minimum absolute atomic E-state index is 0.163. The number of benzene rings is 1. The first kappa shape index (κ1) is 15.9. The molecule has 0 radical (unpaired) electrons. The van der Waals surface area contributed by atoms with Crippen LogP contribution in [0.3, 0.4) is 0 Å². The van der Waals surface area contributed by atoms with Gasteiger partial charge in [-0.25, -0.2) is 0 Å². The highest BCUT2D eigenvalue weighted by Gasteiger charge is 2.23. The van der Waals surface area contributed by atoms with Gasteiger partial charge in [-0.15, -0.1) is 11.8 Å². The van der Waals surface area contributed by atoms with E-state index in [1.54, 1.807) is 18.7 Å². The Bertz CT molecular complexity index is 418. The number of hydrogen-bond donors (Lipinski definition) is 2. The van der Waals surface area contributed by atoms with Gasteiger partial charge < -0.3 is 15.8 Å². The Kier molecular flexibility index (Phi) is 5.69. The fraction of sp³-hybridized carbons (Fsp3) is 0.500. The van der Waals surface area contributed by atoms with E-state index in [9.17, 15) is 4.79 Å². The second kappa shape index (κ2) is 6.82. The van der Waals surface area contributed by atoms with Crippen LogP contribution >= 0.6 is 11.8 Å². The third kappa shape index (κ3) is 5.12. The Hall–Kier alpha value is -1.20. The summed E-state index contributed by atoms with van der Waals surface area (Å²) in [6.45, 7) is 5.87. The lowest BCUT2D eigenvalue weighted by Crippen LogP contribution is -2.52. The van der Waals surface area contributed by atoms with Gasteiger partial charge in [0.05, 0.1) is 0 Å². The van der Waals surface area contributed by atoms with Gasteiger partial charge in [0.2, 0.25) is 0 Å². The molecule has 1 atom stereocenters. The molecule has 3 N–H and O–H groups in total. The zero-order valence-electron chi connectivity index (χ0n) is 11.9. The first-order valence-electron chi connectivity index (χ1n) is 6.21. The maximum absolute atomic E-state index is 11.9. The fourth-order valence-electron chi connectivity index (χ4n) is 1.40. The van der Waals surface area contributed by atoms with Crippen LogP contribution in [-0.2, 0) is 4.79 Å². The van der Waals surface area contributed by atoms with Crippen LogP contribution < -0.4 is 15.8 Å². The van der Waals surface area contributed by atoms with E-state index in [-0.39, 0.29) is 5.91 Å². The number of rotatable bonds is 6. The summed E-state index contributed by atoms with van der Waals surface area (Å²) in [6.07, 6.45) is 1.46. The number of nitrogens with one attached hydrogen (secondary N) is 1. The van der Waals surface area contributed by atoms with Gasteiger partial charge in [0.25, 0.3) is 5.91 Å². The largest absolute Gasteiger partial charge is 0.481 e. The number of carbonyl (C=O) groups excluding carboxylic acids is 1. The van der Waals surface area contributed by atoms with E-state index in [1.807, 2.05) is 44.4 Å². The number of amides is 1. The van der Waals surface area contributed by atoms with Crippen molar-refractivity contribution in [3.8, 4) is 5.75 Å². The van der Waals surface area contributed by atoms with Gasteiger partial charge >= 0.3 is 0 Å². The van der Waals surface area contributed by atoms with Gasteiger partial charge in [0.1, 0.15) is 5.75 Å². The monoisotopic (exact) mass is 282 g/mol.